The predicted octanol–water partition coefficient (Wildman–Crippen LogP) is 2.42. The summed E-state index contributed by atoms with van der Waals surface area (Å²) in [4.78, 5) is 7.28. The largest absolute Gasteiger partial charge is 0.497 e. The zero-order valence-electron chi connectivity index (χ0n) is 18.9. The van der Waals surface area contributed by atoms with Crippen LogP contribution in [-0.4, -0.2) is 75.6 Å². The predicted molar refractivity (Wildman–Crippen MR) is 122 cm³/mol. The average molecular weight is 421 g/mol. The molecule has 170 valence electrons. The van der Waals surface area contributed by atoms with E-state index in [1.165, 1.54) is 5.56 Å². The Morgan fingerprint density at radius 2 is 1.90 bits per heavy atom. The van der Waals surface area contributed by atoms with Gasteiger partial charge in [0.25, 0.3) is 0 Å². The molecule has 7 heteroatoms. The van der Waals surface area contributed by atoms with Crippen molar-refractivity contribution in [3.8, 4) is 5.75 Å². The molecule has 3 N–H and O–H groups in total. The van der Waals surface area contributed by atoms with Gasteiger partial charge in [-0.05, 0) is 43.4 Å². The molecule has 1 saturated heterocycles. The van der Waals surface area contributed by atoms with E-state index < -0.39 is 0 Å². The molecule has 1 aliphatic rings. The van der Waals surface area contributed by atoms with Gasteiger partial charge in [-0.1, -0.05) is 25.5 Å². The first kappa shape index (κ1) is 24.4. The molecule has 1 aromatic rings. The third-order valence-corrected chi connectivity index (χ3v) is 5.54. The van der Waals surface area contributed by atoms with Crippen molar-refractivity contribution in [2.45, 2.75) is 39.2 Å². The minimum Gasteiger partial charge on any atom is -0.497 e. The highest BCUT2D eigenvalue weighted by Crippen LogP contribution is 2.23. The smallest absolute Gasteiger partial charge is 0.191 e. The van der Waals surface area contributed by atoms with Crippen molar-refractivity contribution in [2.75, 3.05) is 59.7 Å². The summed E-state index contributed by atoms with van der Waals surface area (Å²) in [7, 11) is 1.69. The first-order chi connectivity index (χ1) is 14.7. The number of aliphatic hydroxyl groups is 1. The zero-order chi connectivity index (χ0) is 21.6. The van der Waals surface area contributed by atoms with Crippen molar-refractivity contribution in [1.82, 2.24) is 15.5 Å². The number of nitrogens with zero attached hydrogens (tertiary/aromatic N) is 2. The van der Waals surface area contributed by atoms with Crippen LogP contribution >= 0.6 is 0 Å². The SMILES string of the molecule is CCCC(CCO)CN=C(NCC)NCC(c1ccc(OC)cc1)N1CCOCC1. The summed E-state index contributed by atoms with van der Waals surface area (Å²) in [6, 6.07) is 8.55. The minimum atomic E-state index is 0.223. The van der Waals surface area contributed by atoms with Crippen LogP contribution < -0.4 is 15.4 Å². The van der Waals surface area contributed by atoms with Crippen molar-refractivity contribution >= 4 is 5.96 Å². The summed E-state index contributed by atoms with van der Waals surface area (Å²) >= 11 is 0. The number of hydrogen-bond donors (Lipinski definition) is 3. The first-order valence-corrected chi connectivity index (χ1v) is 11.3. The molecule has 7 nitrogen and oxygen atoms in total. The summed E-state index contributed by atoms with van der Waals surface area (Å²) in [6.45, 7) is 10.2. The average Bonchev–Trinajstić information content (AvgIpc) is 2.78. The Hall–Kier alpha value is -1.83. The maximum absolute atomic E-state index is 9.31. The van der Waals surface area contributed by atoms with E-state index in [1.807, 2.05) is 12.1 Å². The van der Waals surface area contributed by atoms with E-state index in [9.17, 15) is 5.11 Å². The fourth-order valence-corrected chi connectivity index (χ4v) is 3.85. The summed E-state index contributed by atoms with van der Waals surface area (Å²) in [5, 5.41) is 16.2. The third-order valence-electron chi connectivity index (χ3n) is 5.54. The summed E-state index contributed by atoms with van der Waals surface area (Å²) in [6.07, 6.45) is 3.01. The third kappa shape index (κ3) is 8.13. The molecule has 0 saturated carbocycles. The number of nitrogens with one attached hydrogen (secondary N) is 2. The van der Waals surface area contributed by atoms with Gasteiger partial charge in [0, 0.05) is 39.3 Å². The van der Waals surface area contributed by atoms with E-state index in [2.05, 4.69) is 41.5 Å². The molecule has 0 spiro atoms. The standard InChI is InChI=1S/C23H40N4O3/c1-4-6-19(11-14-28)17-25-23(24-5-2)26-18-22(27-12-15-30-16-13-27)20-7-9-21(29-3)10-8-20/h7-10,19,22,28H,4-6,11-18H2,1-3H3,(H2,24,25,26). The Balaban J connectivity index is 2.08. The van der Waals surface area contributed by atoms with E-state index >= 15 is 0 Å². The molecule has 2 unspecified atom stereocenters. The normalized spacial score (nSPS) is 17.4. The second-order valence-electron chi connectivity index (χ2n) is 7.70. The first-order valence-electron chi connectivity index (χ1n) is 11.3. The van der Waals surface area contributed by atoms with Crippen LogP contribution in [0.3, 0.4) is 0 Å². The van der Waals surface area contributed by atoms with Crippen LogP contribution in [-0.2, 0) is 4.74 Å². The minimum absolute atomic E-state index is 0.223. The van der Waals surface area contributed by atoms with Gasteiger partial charge in [-0.2, -0.15) is 0 Å². The Labute approximate surface area is 181 Å². The maximum atomic E-state index is 9.31. The number of guanidine groups is 1. The molecule has 0 radical (unpaired) electrons. The Kier molecular flexibility index (Phi) is 11.6. The number of morpholine rings is 1. The molecule has 1 aromatic carbocycles. The molecule has 0 aliphatic carbocycles. The van der Waals surface area contributed by atoms with Crippen LogP contribution in [0.25, 0.3) is 0 Å². The molecule has 1 fully saturated rings. The van der Waals surface area contributed by atoms with E-state index in [4.69, 9.17) is 14.5 Å². The van der Waals surface area contributed by atoms with Crippen molar-refractivity contribution < 1.29 is 14.6 Å². The fraction of sp³-hybridized carbons (Fsp3) is 0.696. The van der Waals surface area contributed by atoms with E-state index in [1.54, 1.807) is 7.11 Å². The second kappa shape index (κ2) is 14.2. The maximum Gasteiger partial charge on any atom is 0.191 e. The van der Waals surface area contributed by atoms with Gasteiger partial charge in [-0.3, -0.25) is 9.89 Å². The molecule has 2 rings (SSSR count). The van der Waals surface area contributed by atoms with Crippen molar-refractivity contribution in [2.24, 2.45) is 10.9 Å². The van der Waals surface area contributed by atoms with Gasteiger partial charge in [-0.15, -0.1) is 0 Å². The van der Waals surface area contributed by atoms with E-state index in [-0.39, 0.29) is 12.6 Å². The van der Waals surface area contributed by atoms with Crippen LogP contribution in [0.2, 0.25) is 0 Å². The van der Waals surface area contributed by atoms with Crippen LogP contribution in [0, 0.1) is 5.92 Å². The summed E-state index contributed by atoms with van der Waals surface area (Å²) < 4.78 is 10.9. The van der Waals surface area contributed by atoms with Crippen molar-refractivity contribution in [3.63, 3.8) is 0 Å². The number of rotatable bonds is 12. The lowest BCUT2D eigenvalue weighted by Crippen LogP contribution is -2.46. The number of ether oxygens (including phenoxy) is 2. The topological polar surface area (TPSA) is 78.4 Å². The molecule has 1 heterocycles. The zero-order valence-corrected chi connectivity index (χ0v) is 18.9. The van der Waals surface area contributed by atoms with Crippen LogP contribution in [0.5, 0.6) is 5.75 Å². The van der Waals surface area contributed by atoms with E-state index in [0.717, 1.165) is 76.9 Å². The monoisotopic (exact) mass is 420 g/mol. The highest BCUT2D eigenvalue weighted by Gasteiger charge is 2.23. The number of aliphatic imine (C=N–C) groups is 1. The van der Waals surface area contributed by atoms with Crippen molar-refractivity contribution in [3.05, 3.63) is 29.8 Å². The molecule has 0 aromatic heterocycles. The fourth-order valence-electron chi connectivity index (χ4n) is 3.85. The van der Waals surface area contributed by atoms with E-state index in [0.29, 0.717) is 5.92 Å². The Morgan fingerprint density at radius 3 is 2.50 bits per heavy atom. The molecule has 1 aliphatic heterocycles. The number of methoxy groups -OCH3 is 1. The molecule has 2 atom stereocenters. The highest BCUT2D eigenvalue weighted by atomic mass is 16.5. The second-order valence-corrected chi connectivity index (χ2v) is 7.70. The van der Waals surface area contributed by atoms with Crippen LogP contribution in [0.4, 0.5) is 0 Å². The number of benzene rings is 1. The van der Waals surface area contributed by atoms with Gasteiger partial charge < -0.3 is 25.2 Å². The molecule has 30 heavy (non-hydrogen) atoms. The van der Waals surface area contributed by atoms with Crippen molar-refractivity contribution in [1.29, 1.82) is 0 Å². The summed E-state index contributed by atoms with van der Waals surface area (Å²) in [5.41, 5.74) is 1.25. The van der Waals surface area contributed by atoms with Gasteiger partial charge >= 0.3 is 0 Å². The lowest BCUT2D eigenvalue weighted by atomic mass is 10.0. The van der Waals surface area contributed by atoms with Gasteiger partial charge in [0.2, 0.25) is 0 Å². The summed E-state index contributed by atoms with van der Waals surface area (Å²) in [5.74, 6) is 2.13. The van der Waals surface area contributed by atoms with Crippen LogP contribution in [0.1, 0.15) is 44.7 Å². The number of hydrogen-bond acceptors (Lipinski definition) is 5. The van der Waals surface area contributed by atoms with Gasteiger partial charge in [-0.25, -0.2) is 0 Å². The number of aliphatic hydroxyl groups excluding tert-OH is 1. The quantitative estimate of drug-likeness (QED) is 0.356. The van der Waals surface area contributed by atoms with Gasteiger partial charge in [0.15, 0.2) is 5.96 Å². The molecular formula is C23H40N4O3. The Bertz CT molecular complexity index is 597. The van der Waals surface area contributed by atoms with Gasteiger partial charge in [0.1, 0.15) is 5.75 Å². The van der Waals surface area contributed by atoms with Crippen LogP contribution in [0.15, 0.2) is 29.3 Å². The molecular weight excluding hydrogens is 380 g/mol. The Morgan fingerprint density at radius 1 is 1.17 bits per heavy atom. The lowest BCUT2D eigenvalue weighted by molar-refractivity contribution is 0.0170. The lowest BCUT2D eigenvalue weighted by Gasteiger charge is -2.35. The highest BCUT2D eigenvalue weighted by molar-refractivity contribution is 5.79. The molecule has 0 bridgehead atoms. The van der Waals surface area contributed by atoms with Gasteiger partial charge in [0.05, 0.1) is 26.4 Å². The molecule has 0 amide bonds.